The van der Waals surface area contributed by atoms with Gasteiger partial charge in [0.05, 0.1) is 20.1 Å². The number of piperazine rings is 1. The lowest BCUT2D eigenvalue weighted by Gasteiger charge is -2.33. The first kappa shape index (κ1) is 17.9. The standard InChI is InChI=1S/C16H20FN3O4/c1-24-15(22)8-13-16(23)18-6-7-20(13)10-14(21)19-9-11-4-2-3-5-12(11)17/h2-5,13H,6-10H2,1H3,(H,18,23)(H,19,21)/t13-/m0/s1. The molecule has 0 aliphatic carbocycles. The fourth-order valence-corrected chi connectivity index (χ4v) is 2.49. The summed E-state index contributed by atoms with van der Waals surface area (Å²) in [6, 6.07) is 5.42. The molecule has 1 aromatic rings. The van der Waals surface area contributed by atoms with E-state index in [1.165, 1.54) is 13.2 Å². The minimum Gasteiger partial charge on any atom is -0.469 e. The number of nitrogens with zero attached hydrogens (tertiary/aromatic N) is 1. The zero-order valence-corrected chi connectivity index (χ0v) is 13.4. The highest BCUT2D eigenvalue weighted by atomic mass is 19.1. The Balaban J connectivity index is 1.91. The van der Waals surface area contributed by atoms with Crippen LogP contribution in [0.4, 0.5) is 4.39 Å². The Morgan fingerprint density at radius 1 is 1.42 bits per heavy atom. The number of hydrogen-bond acceptors (Lipinski definition) is 5. The molecule has 0 aromatic heterocycles. The maximum Gasteiger partial charge on any atom is 0.307 e. The average Bonchev–Trinajstić information content (AvgIpc) is 2.57. The van der Waals surface area contributed by atoms with Gasteiger partial charge in [-0.3, -0.25) is 19.3 Å². The minimum atomic E-state index is -0.745. The molecule has 1 fully saturated rings. The first-order valence-electron chi connectivity index (χ1n) is 7.60. The maximum absolute atomic E-state index is 13.5. The summed E-state index contributed by atoms with van der Waals surface area (Å²) < 4.78 is 18.1. The number of esters is 1. The molecule has 1 heterocycles. The molecule has 2 amide bonds. The molecular formula is C16H20FN3O4. The molecule has 0 bridgehead atoms. The summed E-state index contributed by atoms with van der Waals surface area (Å²) in [5, 5.41) is 5.28. The number of carbonyl (C=O) groups is 3. The number of ether oxygens (including phenoxy) is 1. The number of methoxy groups -OCH3 is 1. The number of benzene rings is 1. The fourth-order valence-electron chi connectivity index (χ4n) is 2.49. The quantitative estimate of drug-likeness (QED) is 0.703. The van der Waals surface area contributed by atoms with E-state index in [9.17, 15) is 18.8 Å². The topological polar surface area (TPSA) is 87.7 Å². The number of rotatable bonds is 6. The van der Waals surface area contributed by atoms with Gasteiger partial charge in [-0.1, -0.05) is 18.2 Å². The molecule has 1 aliphatic rings. The highest BCUT2D eigenvalue weighted by Gasteiger charge is 2.32. The maximum atomic E-state index is 13.5. The Bertz CT molecular complexity index is 623. The van der Waals surface area contributed by atoms with Gasteiger partial charge in [0.2, 0.25) is 11.8 Å². The van der Waals surface area contributed by atoms with Crippen molar-refractivity contribution in [2.75, 3.05) is 26.7 Å². The van der Waals surface area contributed by atoms with Crippen LogP contribution >= 0.6 is 0 Å². The van der Waals surface area contributed by atoms with Crippen molar-refractivity contribution in [1.82, 2.24) is 15.5 Å². The SMILES string of the molecule is COC(=O)C[C@H]1C(=O)NCCN1CC(=O)NCc1ccccc1F. The molecule has 130 valence electrons. The van der Waals surface area contributed by atoms with E-state index in [-0.39, 0.29) is 31.3 Å². The fraction of sp³-hybridized carbons (Fsp3) is 0.438. The van der Waals surface area contributed by atoms with Gasteiger partial charge >= 0.3 is 5.97 Å². The Hall–Kier alpha value is -2.48. The van der Waals surface area contributed by atoms with Crippen LogP contribution in [0.2, 0.25) is 0 Å². The molecule has 0 radical (unpaired) electrons. The molecule has 0 saturated carbocycles. The van der Waals surface area contributed by atoms with Crippen LogP contribution < -0.4 is 10.6 Å². The first-order chi connectivity index (χ1) is 11.5. The van der Waals surface area contributed by atoms with E-state index in [1.54, 1.807) is 23.1 Å². The van der Waals surface area contributed by atoms with Crippen molar-refractivity contribution in [3.63, 3.8) is 0 Å². The second kappa shape index (κ2) is 8.39. The predicted molar refractivity (Wildman–Crippen MR) is 83.3 cm³/mol. The van der Waals surface area contributed by atoms with Gasteiger partial charge in [-0.15, -0.1) is 0 Å². The molecule has 24 heavy (non-hydrogen) atoms. The van der Waals surface area contributed by atoms with Gasteiger partial charge in [0, 0.05) is 25.2 Å². The van der Waals surface area contributed by atoms with Crippen LogP contribution in [-0.4, -0.2) is 55.5 Å². The smallest absolute Gasteiger partial charge is 0.307 e. The zero-order chi connectivity index (χ0) is 17.5. The monoisotopic (exact) mass is 337 g/mol. The van der Waals surface area contributed by atoms with Crippen molar-refractivity contribution in [1.29, 1.82) is 0 Å². The summed E-state index contributed by atoms with van der Waals surface area (Å²) in [5.41, 5.74) is 0.383. The van der Waals surface area contributed by atoms with E-state index < -0.39 is 17.8 Å². The lowest BCUT2D eigenvalue weighted by Crippen LogP contribution is -2.57. The van der Waals surface area contributed by atoms with Gasteiger partial charge in [-0.05, 0) is 6.07 Å². The summed E-state index contributed by atoms with van der Waals surface area (Å²) >= 11 is 0. The molecule has 1 saturated heterocycles. The van der Waals surface area contributed by atoms with E-state index >= 15 is 0 Å². The number of amides is 2. The highest BCUT2D eigenvalue weighted by Crippen LogP contribution is 2.10. The molecule has 1 aromatic carbocycles. The molecule has 2 rings (SSSR count). The second-order valence-corrected chi connectivity index (χ2v) is 5.43. The van der Waals surface area contributed by atoms with Crippen LogP contribution in [0.5, 0.6) is 0 Å². The van der Waals surface area contributed by atoms with Gasteiger partial charge in [0.1, 0.15) is 11.9 Å². The summed E-state index contributed by atoms with van der Waals surface area (Å²) in [6.07, 6.45) is -0.122. The van der Waals surface area contributed by atoms with Crippen LogP contribution in [0.25, 0.3) is 0 Å². The normalized spacial score (nSPS) is 17.9. The molecule has 2 N–H and O–H groups in total. The number of carbonyl (C=O) groups excluding carboxylic acids is 3. The number of nitrogens with one attached hydrogen (secondary N) is 2. The van der Waals surface area contributed by atoms with Crippen LogP contribution in [-0.2, 0) is 25.7 Å². The molecule has 0 spiro atoms. The van der Waals surface area contributed by atoms with E-state index in [2.05, 4.69) is 15.4 Å². The summed E-state index contributed by atoms with van der Waals surface area (Å²) in [7, 11) is 1.24. The van der Waals surface area contributed by atoms with Crippen molar-refractivity contribution in [3.05, 3.63) is 35.6 Å². The van der Waals surface area contributed by atoms with Crippen molar-refractivity contribution in [3.8, 4) is 0 Å². The van der Waals surface area contributed by atoms with E-state index in [1.807, 2.05) is 0 Å². The minimum absolute atomic E-state index is 0.0521. The van der Waals surface area contributed by atoms with Crippen molar-refractivity contribution < 1.29 is 23.5 Å². The predicted octanol–water partition coefficient (Wildman–Crippen LogP) is -0.195. The van der Waals surface area contributed by atoms with E-state index in [0.29, 0.717) is 18.7 Å². The van der Waals surface area contributed by atoms with Crippen molar-refractivity contribution in [2.24, 2.45) is 0 Å². The second-order valence-electron chi connectivity index (χ2n) is 5.43. The molecule has 7 nitrogen and oxygen atoms in total. The Labute approximate surface area is 139 Å². The molecule has 1 aliphatic heterocycles. The van der Waals surface area contributed by atoms with Gasteiger partial charge in [-0.2, -0.15) is 0 Å². The Morgan fingerprint density at radius 3 is 2.88 bits per heavy atom. The molecular weight excluding hydrogens is 317 g/mol. The Kier molecular flexibility index (Phi) is 6.25. The van der Waals surface area contributed by atoms with Crippen LogP contribution in [0.15, 0.2) is 24.3 Å². The molecule has 1 atom stereocenters. The highest BCUT2D eigenvalue weighted by molar-refractivity contribution is 5.88. The van der Waals surface area contributed by atoms with Crippen LogP contribution in [0, 0.1) is 5.82 Å². The Morgan fingerprint density at radius 2 is 2.17 bits per heavy atom. The third-order valence-electron chi connectivity index (χ3n) is 3.81. The zero-order valence-electron chi connectivity index (χ0n) is 13.4. The van der Waals surface area contributed by atoms with E-state index in [4.69, 9.17) is 0 Å². The lowest BCUT2D eigenvalue weighted by atomic mass is 10.1. The third kappa shape index (κ3) is 4.76. The van der Waals surface area contributed by atoms with Crippen LogP contribution in [0.1, 0.15) is 12.0 Å². The summed E-state index contributed by atoms with van der Waals surface area (Å²) in [4.78, 5) is 37.1. The number of hydrogen-bond donors (Lipinski definition) is 2. The number of halogens is 1. The largest absolute Gasteiger partial charge is 0.469 e. The van der Waals surface area contributed by atoms with Gasteiger partial charge in [0.15, 0.2) is 0 Å². The first-order valence-corrected chi connectivity index (χ1v) is 7.60. The van der Waals surface area contributed by atoms with Crippen LogP contribution in [0.3, 0.4) is 0 Å². The lowest BCUT2D eigenvalue weighted by molar-refractivity contribution is -0.146. The van der Waals surface area contributed by atoms with Gasteiger partial charge in [-0.25, -0.2) is 4.39 Å². The van der Waals surface area contributed by atoms with Gasteiger partial charge < -0.3 is 15.4 Å². The summed E-state index contributed by atoms with van der Waals surface area (Å²) in [5.74, 6) is -1.57. The molecule has 8 heteroatoms. The molecule has 0 unspecified atom stereocenters. The van der Waals surface area contributed by atoms with Gasteiger partial charge in [0.25, 0.3) is 0 Å². The summed E-state index contributed by atoms with van der Waals surface area (Å²) in [6.45, 7) is 0.856. The van der Waals surface area contributed by atoms with Crippen molar-refractivity contribution >= 4 is 17.8 Å². The van der Waals surface area contributed by atoms with E-state index in [0.717, 1.165) is 0 Å². The van der Waals surface area contributed by atoms with Crippen molar-refractivity contribution in [2.45, 2.75) is 19.0 Å². The third-order valence-corrected chi connectivity index (χ3v) is 3.81. The average molecular weight is 337 g/mol.